The van der Waals surface area contributed by atoms with Gasteiger partial charge in [-0.15, -0.1) is 0 Å². The second-order valence-corrected chi connectivity index (χ2v) is 5.53. The van der Waals surface area contributed by atoms with Gasteiger partial charge in [0, 0.05) is 35.5 Å². The van der Waals surface area contributed by atoms with Crippen molar-refractivity contribution in [3.63, 3.8) is 0 Å². The number of rotatable bonds is 7. The third-order valence-electron chi connectivity index (χ3n) is 3.53. The van der Waals surface area contributed by atoms with Crippen molar-refractivity contribution < 1.29 is 9.18 Å². The highest BCUT2D eigenvalue weighted by Gasteiger charge is 2.45. The summed E-state index contributed by atoms with van der Waals surface area (Å²) >= 11 is 6.01. The second-order valence-electron chi connectivity index (χ2n) is 5.13. The monoisotopic (exact) mass is 298 g/mol. The zero-order valence-electron chi connectivity index (χ0n) is 11.6. The van der Waals surface area contributed by atoms with Crippen molar-refractivity contribution in [3.05, 3.63) is 34.6 Å². The molecule has 0 radical (unpaired) electrons. The first-order valence-corrected chi connectivity index (χ1v) is 7.45. The molecule has 2 rings (SSSR count). The predicted octanol–water partition coefficient (Wildman–Crippen LogP) is 2.70. The molecule has 2 N–H and O–H groups in total. The van der Waals surface area contributed by atoms with E-state index in [1.807, 2.05) is 0 Å². The van der Waals surface area contributed by atoms with Crippen molar-refractivity contribution in [2.24, 2.45) is 5.92 Å². The summed E-state index contributed by atoms with van der Waals surface area (Å²) in [7, 11) is 0. The molecular weight excluding hydrogens is 279 g/mol. The van der Waals surface area contributed by atoms with Crippen LogP contribution < -0.4 is 10.6 Å². The summed E-state index contributed by atoms with van der Waals surface area (Å²) in [6.07, 6.45) is 1.75. The molecule has 1 aliphatic rings. The number of nitrogens with one attached hydrogen (secondary N) is 2. The Morgan fingerprint density at radius 2 is 2.20 bits per heavy atom. The first-order chi connectivity index (χ1) is 9.65. The Bertz CT molecular complexity index is 461. The van der Waals surface area contributed by atoms with Crippen LogP contribution in [-0.2, 0) is 4.79 Å². The van der Waals surface area contributed by atoms with Gasteiger partial charge in [-0.3, -0.25) is 4.79 Å². The Balaban J connectivity index is 1.81. The van der Waals surface area contributed by atoms with E-state index in [4.69, 9.17) is 11.6 Å². The lowest BCUT2D eigenvalue weighted by Gasteiger charge is -2.07. The van der Waals surface area contributed by atoms with Crippen LogP contribution in [0.3, 0.4) is 0 Å². The molecule has 0 aliphatic heterocycles. The Labute approximate surface area is 123 Å². The van der Waals surface area contributed by atoms with Crippen molar-refractivity contribution in [1.82, 2.24) is 10.6 Å². The summed E-state index contributed by atoms with van der Waals surface area (Å²) in [6.45, 7) is 4.41. The van der Waals surface area contributed by atoms with Gasteiger partial charge in [-0.2, -0.15) is 0 Å². The molecule has 1 amide bonds. The summed E-state index contributed by atoms with van der Waals surface area (Å²) < 4.78 is 13.7. The van der Waals surface area contributed by atoms with Crippen LogP contribution in [0.25, 0.3) is 0 Å². The first-order valence-electron chi connectivity index (χ1n) is 7.07. The summed E-state index contributed by atoms with van der Waals surface area (Å²) in [5.41, 5.74) is 0.485. The van der Waals surface area contributed by atoms with E-state index in [2.05, 4.69) is 17.6 Å². The summed E-state index contributed by atoms with van der Waals surface area (Å²) in [6, 6.07) is 4.64. The minimum absolute atomic E-state index is 0.00684. The quantitative estimate of drug-likeness (QED) is 0.760. The molecule has 1 aliphatic carbocycles. The molecule has 20 heavy (non-hydrogen) atoms. The standard InChI is InChI=1S/C15H20ClFN2O/c1-2-6-18-7-8-19-15(20)11-9-10(11)14-12(16)4-3-5-13(14)17/h3-5,10-11,18H,2,6-9H2,1H3,(H,19,20). The van der Waals surface area contributed by atoms with E-state index in [9.17, 15) is 9.18 Å². The minimum Gasteiger partial charge on any atom is -0.355 e. The maximum absolute atomic E-state index is 13.7. The van der Waals surface area contributed by atoms with Crippen LogP contribution in [0.15, 0.2) is 18.2 Å². The Kier molecular flexibility index (Phi) is 5.38. The van der Waals surface area contributed by atoms with Crippen LogP contribution in [-0.4, -0.2) is 25.5 Å². The topological polar surface area (TPSA) is 41.1 Å². The van der Waals surface area contributed by atoms with Crippen LogP contribution in [0.5, 0.6) is 0 Å². The molecule has 2 atom stereocenters. The second kappa shape index (κ2) is 7.04. The molecule has 0 bridgehead atoms. The van der Waals surface area contributed by atoms with Gasteiger partial charge in [-0.25, -0.2) is 4.39 Å². The molecule has 0 aromatic heterocycles. The molecule has 0 spiro atoms. The van der Waals surface area contributed by atoms with E-state index in [0.717, 1.165) is 19.5 Å². The predicted molar refractivity (Wildman–Crippen MR) is 78.4 cm³/mol. The maximum Gasteiger partial charge on any atom is 0.223 e. The van der Waals surface area contributed by atoms with Crippen LogP contribution >= 0.6 is 11.6 Å². The molecular formula is C15H20ClFN2O. The average Bonchev–Trinajstić information content (AvgIpc) is 3.18. The number of halogens is 2. The van der Waals surface area contributed by atoms with Gasteiger partial charge in [-0.05, 0) is 31.5 Å². The van der Waals surface area contributed by atoms with E-state index in [1.54, 1.807) is 12.1 Å². The van der Waals surface area contributed by atoms with Gasteiger partial charge in [0.1, 0.15) is 5.82 Å². The van der Waals surface area contributed by atoms with Crippen LogP contribution in [0.1, 0.15) is 31.2 Å². The van der Waals surface area contributed by atoms with Crippen molar-refractivity contribution in [2.75, 3.05) is 19.6 Å². The Hall–Kier alpha value is -1.13. The van der Waals surface area contributed by atoms with Gasteiger partial charge in [0.25, 0.3) is 0 Å². The molecule has 1 aromatic rings. The molecule has 2 unspecified atom stereocenters. The van der Waals surface area contributed by atoms with E-state index < -0.39 is 0 Å². The summed E-state index contributed by atoms with van der Waals surface area (Å²) in [4.78, 5) is 11.9. The third-order valence-corrected chi connectivity index (χ3v) is 3.86. The van der Waals surface area contributed by atoms with Crippen LogP contribution in [0, 0.1) is 11.7 Å². The lowest BCUT2D eigenvalue weighted by atomic mass is 10.1. The minimum atomic E-state index is -0.317. The zero-order chi connectivity index (χ0) is 14.5. The Morgan fingerprint density at radius 3 is 2.90 bits per heavy atom. The normalized spacial score (nSPS) is 20.8. The van der Waals surface area contributed by atoms with Gasteiger partial charge in [0.2, 0.25) is 5.91 Å². The van der Waals surface area contributed by atoms with Gasteiger partial charge >= 0.3 is 0 Å². The van der Waals surface area contributed by atoms with Gasteiger partial charge in [0.15, 0.2) is 0 Å². The van der Waals surface area contributed by atoms with Crippen molar-refractivity contribution in [3.8, 4) is 0 Å². The largest absolute Gasteiger partial charge is 0.355 e. The smallest absolute Gasteiger partial charge is 0.223 e. The molecule has 0 saturated heterocycles. The molecule has 110 valence electrons. The van der Waals surface area contributed by atoms with Crippen LogP contribution in [0.2, 0.25) is 5.02 Å². The van der Waals surface area contributed by atoms with Gasteiger partial charge in [0.05, 0.1) is 0 Å². The highest BCUT2D eigenvalue weighted by Crippen LogP contribution is 2.50. The first kappa shape index (κ1) is 15.3. The van der Waals surface area contributed by atoms with Crippen molar-refractivity contribution >= 4 is 17.5 Å². The zero-order valence-corrected chi connectivity index (χ0v) is 12.3. The molecule has 1 saturated carbocycles. The summed E-state index contributed by atoms with van der Waals surface area (Å²) in [5, 5.41) is 6.50. The third kappa shape index (κ3) is 3.70. The van der Waals surface area contributed by atoms with Crippen molar-refractivity contribution in [1.29, 1.82) is 0 Å². The highest BCUT2D eigenvalue weighted by atomic mass is 35.5. The number of carbonyl (C=O) groups is 1. The van der Waals surface area contributed by atoms with Gasteiger partial charge in [-0.1, -0.05) is 24.6 Å². The van der Waals surface area contributed by atoms with Crippen LogP contribution in [0.4, 0.5) is 4.39 Å². The average molecular weight is 299 g/mol. The lowest BCUT2D eigenvalue weighted by molar-refractivity contribution is -0.122. The number of amides is 1. The molecule has 5 heteroatoms. The highest BCUT2D eigenvalue weighted by molar-refractivity contribution is 6.31. The fourth-order valence-corrected chi connectivity index (χ4v) is 2.68. The fourth-order valence-electron chi connectivity index (χ4n) is 2.38. The summed E-state index contributed by atoms with van der Waals surface area (Å²) in [5.74, 6) is -0.544. The van der Waals surface area contributed by atoms with E-state index >= 15 is 0 Å². The van der Waals surface area contributed by atoms with E-state index in [0.29, 0.717) is 23.6 Å². The van der Waals surface area contributed by atoms with Gasteiger partial charge < -0.3 is 10.6 Å². The lowest BCUT2D eigenvalue weighted by Crippen LogP contribution is -2.33. The fraction of sp³-hybridized carbons (Fsp3) is 0.533. The Morgan fingerprint density at radius 1 is 1.40 bits per heavy atom. The van der Waals surface area contributed by atoms with E-state index in [-0.39, 0.29) is 23.6 Å². The number of hydrogen-bond acceptors (Lipinski definition) is 2. The van der Waals surface area contributed by atoms with Crippen molar-refractivity contribution in [2.45, 2.75) is 25.7 Å². The van der Waals surface area contributed by atoms with E-state index in [1.165, 1.54) is 6.07 Å². The molecule has 1 aromatic carbocycles. The number of benzene rings is 1. The molecule has 3 nitrogen and oxygen atoms in total. The molecule has 0 heterocycles. The number of hydrogen-bond donors (Lipinski definition) is 2. The maximum atomic E-state index is 13.7. The number of carbonyl (C=O) groups excluding carboxylic acids is 1. The molecule has 1 fully saturated rings. The SMILES string of the molecule is CCCNCCNC(=O)C1CC1c1c(F)cccc1Cl.